The first-order valence-electron chi connectivity index (χ1n) is 7.25. The molecule has 120 valence electrons. The summed E-state index contributed by atoms with van der Waals surface area (Å²) in [5.74, 6) is -0.610. The van der Waals surface area contributed by atoms with Crippen molar-refractivity contribution in [1.82, 2.24) is 4.90 Å². The van der Waals surface area contributed by atoms with Crippen LogP contribution >= 0.6 is 11.8 Å². The molecule has 2 aromatic carbocycles. The molecular weight excluding hydrogens is 318 g/mol. The topological polar surface area (TPSA) is 32.3 Å². The number of benzene rings is 2. The predicted octanol–water partition coefficient (Wildman–Crippen LogP) is 4.55. The van der Waals surface area contributed by atoms with Crippen LogP contribution in [0.2, 0.25) is 0 Å². The zero-order valence-corrected chi connectivity index (χ0v) is 13.4. The summed E-state index contributed by atoms with van der Waals surface area (Å²) in [6.45, 7) is 2.60. The van der Waals surface area contributed by atoms with Crippen LogP contribution in [0, 0.1) is 18.6 Å². The fourth-order valence-corrected chi connectivity index (χ4v) is 3.76. The Kier molecular flexibility index (Phi) is 4.52. The van der Waals surface area contributed by atoms with Gasteiger partial charge in [0.2, 0.25) is 0 Å². The summed E-state index contributed by atoms with van der Waals surface area (Å²) in [6.07, 6.45) is 0. The first kappa shape index (κ1) is 15.8. The summed E-state index contributed by atoms with van der Waals surface area (Å²) in [5, 5.41) is 2.48. The van der Waals surface area contributed by atoms with E-state index >= 15 is 0 Å². The largest absolute Gasteiger partial charge is 0.323 e. The zero-order valence-electron chi connectivity index (χ0n) is 12.6. The third kappa shape index (κ3) is 3.64. The van der Waals surface area contributed by atoms with Gasteiger partial charge in [-0.1, -0.05) is 29.8 Å². The van der Waals surface area contributed by atoms with Crippen molar-refractivity contribution >= 4 is 23.5 Å². The summed E-state index contributed by atoms with van der Waals surface area (Å²) >= 11 is 1.67. The molecule has 1 heterocycles. The molecule has 1 aliphatic rings. The van der Waals surface area contributed by atoms with Crippen molar-refractivity contribution in [2.75, 3.05) is 17.6 Å². The third-order valence-corrected chi connectivity index (χ3v) is 4.89. The zero-order chi connectivity index (χ0) is 16.4. The number of hydrogen-bond acceptors (Lipinski definition) is 2. The summed E-state index contributed by atoms with van der Waals surface area (Å²) in [5.41, 5.74) is 2.31. The molecule has 3 rings (SSSR count). The SMILES string of the molecule is Cc1ccc(C2SCCN2C(=O)Nc2cc(F)cc(F)c2)cc1. The lowest BCUT2D eigenvalue weighted by Gasteiger charge is -2.24. The van der Waals surface area contributed by atoms with E-state index in [0.717, 1.165) is 35.1 Å². The molecule has 0 bridgehead atoms. The number of anilines is 1. The second kappa shape index (κ2) is 6.58. The van der Waals surface area contributed by atoms with Crippen molar-refractivity contribution in [3.63, 3.8) is 0 Å². The summed E-state index contributed by atoms with van der Waals surface area (Å²) in [6, 6.07) is 10.6. The van der Waals surface area contributed by atoms with Crippen LogP contribution in [-0.2, 0) is 0 Å². The van der Waals surface area contributed by atoms with E-state index in [2.05, 4.69) is 5.32 Å². The van der Waals surface area contributed by atoms with E-state index < -0.39 is 11.6 Å². The van der Waals surface area contributed by atoms with Gasteiger partial charge < -0.3 is 10.2 Å². The van der Waals surface area contributed by atoms with E-state index in [1.54, 1.807) is 16.7 Å². The Labute approximate surface area is 137 Å². The van der Waals surface area contributed by atoms with E-state index in [9.17, 15) is 13.6 Å². The standard InChI is InChI=1S/C17H16F2N2OS/c1-11-2-4-12(5-3-11)16-21(6-7-23-16)17(22)20-15-9-13(18)8-14(19)10-15/h2-5,8-10,16H,6-7H2,1H3,(H,20,22). The Bertz CT molecular complexity index is 701. The highest BCUT2D eigenvalue weighted by Crippen LogP contribution is 2.38. The van der Waals surface area contributed by atoms with Crippen molar-refractivity contribution in [2.45, 2.75) is 12.3 Å². The number of rotatable bonds is 2. The normalized spacial score (nSPS) is 17.3. The molecule has 0 saturated carbocycles. The molecular formula is C17H16F2N2OS. The van der Waals surface area contributed by atoms with Crippen LogP contribution in [0.25, 0.3) is 0 Å². The summed E-state index contributed by atoms with van der Waals surface area (Å²) < 4.78 is 26.5. The Balaban J connectivity index is 1.76. The van der Waals surface area contributed by atoms with Crippen LogP contribution in [0.5, 0.6) is 0 Å². The Morgan fingerprint density at radius 2 is 1.83 bits per heavy atom. The highest BCUT2D eigenvalue weighted by atomic mass is 32.2. The second-order valence-corrected chi connectivity index (χ2v) is 6.60. The molecule has 1 saturated heterocycles. The number of urea groups is 1. The first-order chi connectivity index (χ1) is 11.0. The van der Waals surface area contributed by atoms with Crippen LogP contribution in [0.1, 0.15) is 16.5 Å². The van der Waals surface area contributed by atoms with Gasteiger partial charge in [-0.05, 0) is 24.6 Å². The minimum Gasteiger partial charge on any atom is -0.308 e. The lowest BCUT2D eigenvalue weighted by Crippen LogP contribution is -2.34. The van der Waals surface area contributed by atoms with Crippen LogP contribution < -0.4 is 5.32 Å². The van der Waals surface area contributed by atoms with Gasteiger partial charge in [-0.2, -0.15) is 0 Å². The van der Waals surface area contributed by atoms with Crippen molar-refractivity contribution < 1.29 is 13.6 Å². The monoisotopic (exact) mass is 334 g/mol. The molecule has 0 radical (unpaired) electrons. The van der Waals surface area contributed by atoms with Crippen LogP contribution in [0.3, 0.4) is 0 Å². The highest BCUT2D eigenvalue weighted by molar-refractivity contribution is 7.99. The number of amides is 2. The molecule has 1 unspecified atom stereocenters. The fourth-order valence-electron chi connectivity index (χ4n) is 2.51. The van der Waals surface area contributed by atoms with Crippen molar-refractivity contribution in [3.05, 3.63) is 65.2 Å². The summed E-state index contributed by atoms with van der Waals surface area (Å²) in [4.78, 5) is 14.1. The van der Waals surface area contributed by atoms with Gasteiger partial charge >= 0.3 is 6.03 Å². The van der Waals surface area contributed by atoms with Crippen LogP contribution in [-0.4, -0.2) is 23.2 Å². The van der Waals surface area contributed by atoms with E-state index in [1.807, 2.05) is 31.2 Å². The molecule has 23 heavy (non-hydrogen) atoms. The molecule has 1 N–H and O–H groups in total. The van der Waals surface area contributed by atoms with Gasteiger partial charge in [0.25, 0.3) is 0 Å². The van der Waals surface area contributed by atoms with Crippen LogP contribution in [0.15, 0.2) is 42.5 Å². The molecule has 0 spiro atoms. The average molecular weight is 334 g/mol. The van der Waals surface area contributed by atoms with E-state index in [4.69, 9.17) is 0 Å². The number of halogens is 2. The van der Waals surface area contributed by atoms with Gasteiger partial charge in [0.1, 0.15) is 17.0 Å². The number of nitrogens with one attached hydrogen (secondary N) is 1. The molecule has 1 aliphatic heterocycles. The minimum atomic E-state index is -0.716. The van der Waals surface area contributed by atoms with E-state index in [1.165, 1.54) is 0 Å². The smallest absolute Gasteiger partial charge is 0.308 e. The Morgan fingerprint density at radius 1 is 1.17 bits per heavy atom. The van der Waals surface area contributed by atoms with Crippen LogP contribution in [0.4, 0.5) is 19.3 Å². The predicted molar refractivity (Wildman–Crippen MR) is 88.5 cm³/mol. The third-order valence-electron chi connectivity index (χ3n) is 3.63. The van der Waals surface area contributed by atoms with Crippen molar-refractivity contribution in [2.24, 2.45) is 0 Å². The lowest BCUT2D eigenvalue weighted by molar-refractivity contribution is 0.214. The van der Waals surface area contributed by atoms with Crippen molar-refractivity contribution in [3.8, 4) is 0 Å². The Hall–Kier alpha value is -2.08. The quantitative estimate of drug-likeness (QED) is 0.874. The Morgan fingerprint density at radius 3 is 2.48 bits per heavy atom. The van der Waals surface area contributed by atoms with E-state index in [-0.39, 0.29) is 17.1 Å². The number of carbonyl (C=O) groups is 1. The average Bonchev–Trinajstić information content (AvgIpc) is 2.96. The molecule has 3 nitrogen and oxygen atoms in total. The van der Waals surface area contributed by atoms with E-state index in [0.29, 0.717) is 6.54 Å². The molecule has 1 atom stereocenters. The molecule has 2 amide bonds. The van der Waals surface area contributed by atoms with Gasteiger partial charge in [-0.15, -0.1) is 11.8 Å². The molecule has 0 aliphatic carbocycles. The second-order valence-electron chi connectivity index (χ2n) is 5.42. The number of nitrogens with zero attached hydrogens (tertiary/aromatic N) is 1. The highest BCUT2D eigenvalue weighted by Gasteiger charge is 2.30. The van der Waals surface area contributed by atoms with Gasteiger partial charge in [0, 0.05) is 24.1 Å². The maximum absolute atomic E-state index is 13.2. The molecule has 1 fully saturated rings. The molecule has 2 aromatic rings. The summed E-state index contributed by atoms with van der Waals surface area (Å²) in [7, 11) is 0. The van der Waals surface area contributed by atoms with Gasteiger partial charge in [-0.25, -0.2) is 13.6 Å². The molecule has 6 heteroatoms. The van der Waals surface area contributed by atoms with Gasteiger partial charge in [0.15, 0.2) is 0 Å². The lowest BCUT2D eigenvalue weighted by atomic mass is 10.1. The minimum absolute atomic E-state index is 0.0889. The van der Waals surface area contributed by atoms with Crippen molar-refractivity contribution in [1.29, 1.82) is 0 Å². The number of thioether (sulfide) groups is 1. The van der Waals surface area contributed by atoms with Gasteiger partial charge in [-0.3, -0.25) is 0 Å². The fraction of sp³-hybridized carbons (Fsp3) is 0.235. The number of hydrogen-bond donors (Lipinski definition) is 1. The van der Waals surface area contributed by atoms with Gasteiger partial charge in [0.05, 0.1) is 0 Å². The molecule has 0 aromatic heterocycles. The maximum atomic E-state index is 13.2. The number of carbonyl (C=O) groups excluding carboxylic acids is 1. The maximum Gasteiger partial charge on any atom is 0.323 e. The first-order valence-corrected chi connectivity index (χ1v) is 8.30. The number of aryl methyl sites for hydroxylation is 1.